The molecule has 1 atom stereocenters. The Balaban J connectivity index is 2.33. The highest BCUT2D eigenvalue weighted by atomic mass is 16.4. The number of rotatable bonds is 5. The first-order chi connectivity index (χ1) is 8.90. The van der Waals surface area contributed by atoms with Gasteiger partial charge in [-0.3, -0.25) is 4.79 Å². The van der Waals surface area contributed by atoms with E-state index in [1.807, 2.05) is 14.0 Å². The second-order valence-corrected chi connectivity index (χ2v) is 5.81. The summed E-state index contributed by atoms with van der Waals surface area (Å²) < 4.78 is 0. The van der Waals surface area contributed by atoms with E-state index in [0.29, 0.717) is 12.5 Å². The summed E-state index contributed by atoms with van der Waals surface area (Å²) in [6.45, 7) is 4.10. The third-order valence-corrected chi connectivity index (χ3v) is 4.01. The Labute approximate surface area is 115 Å². The summed E-state index contributed by atoms with van der Waals surface area (Å²) >= 11 is 0. The molecule has 5 nitrogen and oxygen atoms in total. The normalized spacial score (nSPS) is 24.6. The average molecular weight is 270 g/mol. The van der Waals surface area contributed by atoms with E-state index in [1.165, 1.54) is 12.8 Å². The van der Waals surface area contributed by atoms with Gasteiger partial charge in [-0.1, -0.05) is 6.92 Å². The number of carbonyl (C=O) groups excluding carboxylic acids is 1. The van der Waals surface area contributed by atoms with Crippen molar-refractivity contribution in [1.29, 1.82) is 0 Å². The van der Waals surface area contributed by atoms with Crippen LogP contribution < -0.4 is 5.32 Å². The van der Waals surface area contributed by atoms with Crippen LogP contribution in [0.2, 0.25) is 0 Å². The lowest BCUT2D eigenvalue weighted by atomic mass is 9.87. The van der Waals surface area contributed by atoms with Crippen LogP contribution in [0.1, 0.15) is 52.4 Å². The van der Waals surface area contributed by atoms with Gasteiger partial charge in [-0.25, -0.2) is 4.79 Å². The maximum absolute atomic E-state index is 12.0. The first kappa shape index (κ1) is 15.8. The monoisotopic (exact) mass is 270 g/mol. The van der Waals surface area contributed by atoms with Crippen molar-refractivity contribution < 1.29 is 14.7 Å². The standard InChI is InChI=1S/C14H26N2O3/c1-10-4-7-12(8-5-10)16(3)14(19)15-11(2)6-9-13(17)18/h10-12H,4-9H2,1-3H3,(H,15,19)(H,17,18). The molecular formula is C14H26N2O3. The summed E-state index contributed by atoms with van der Waals surface area (Å²) in [7, 11) is 1.83. The van der Waals surface area contributed by atoms with Gasteiger partial charge < -0.3 is 15.3 Å². The number of carboxylic acid groups (broad SMARTS) is 1. The summed E-state index contributed by atoms with van der Waals surface area (Å²) in [5.74, 6) is -0.0575. The van der Waals surface area contributed by atoms with Crippen molar-refractivity contribution >= 4 is 12.0 Å². The van der Waals surface area contributed by atoms with Crippen LogP contribution in [0.3, 0.4) is 0 Å². The summed E-state index contributed by atoms with van der Waals surface area (Å²) in [6.07, 6.45) is 5.04. The van der Waals surface area contributed by atoms with Gasteiger partial charge in [0.15, 0.2) is 0 Å². The van der Waals surface area contributed by atoms with E-state index in [-0.39, 0.29) is 18.5 Å². The molecule has 2 amide bonds. The lowest BCUT2D eigenvalue weighted by molar-refractivity contribution is -0.137. The molecule has 0 aliphatic heterocycles. The van der Waals surface area contributed by atoms with Crippen LogP contribution in [0.4, 0.5) is 4.79 Å². The van der Waals surface area contributed by atoms with Crippen LogP contribution in [-0.2, 0) is 4.79 Å². The number of nitrogens with zero attached hydrogens (tertiary/aromatic N) is 1. The van der Waals surface area contributed by atoms with Gasteiger partial charge in [-0.2, -0.15) is 0 Å². The fraction of sp³-hybridized carbons (Fsp3) is 0.857. The maximum atomic E-state index is 12.0. The predicted octanol–water partition coefficient (Wildman–Crippen LogP) is 2.46. The Morgan fingerprint density at radius 2 is 1.89 bits per heavy atom. The summed E-state index contributed by atoms with van der Waals surface area (Å²) in [6, 6.07) is 0.133. The van der Waals surface area contributed by atoms with Crippen LogP contribution >= 0.6 is 0 Å². The average Bonchev–Trinajstić information content (AvgIpc) is 2.36. The molecule has 19 heavy (non-hydrogen) atoms. The van der Waals surface area contributed by atoms with Gasteiger partial charge in [0.05, 0.1) is 0 Å². The summed E-state index contributed by atoms with van der Waals surface area (Å²) in [5.41, 5.74) is 0. The van der Waals surface area contributed by atoms with Gasteiger partial charge >= 0.3 is 12.0 Å². The molecule has 1 saturated carbocycles. The van der Waals surface area contributed by atoms with Gasteiger partial charge in [-0.15, -0.1) is 0 Å². The van der Waals surface area contributed by atoms with Crippen molar-refractivity contribution in [3.63, 3.8) is 0 Å². The molecule has 1 fully saturated rings. The molecule has 1 aliphatic rings. The molecule has 0 aromatic heterocycles. The van der Waals surface area contributed by atoms with Crippen molar-refractivity contribution in [2.75, 3.05) is 7.05 Å². The topological polar surface area (TPSA) is 69.6 Å². The Kier molecular flexibility index (Phi) is 6.12. The summed E-state index contributed by atoms with van der Waals surface area (Å²) in [4.78, 5) is 24.3. The van der Waals surface area contributed by atoms with Crippen molar-refractivity contribution in [2.45, 2.75) is 64.5 Å². The fourth-order valence-corrected chi connectivity index (χ4v) is 2.52. The zero-order valence-corrected chi connectivity index (χ0v) is 12.2. The minimum absolute atomic E-state index is 0.0857. The van der Waals surface area contributed by atoms with Crippen LogP contribution in [0.5, 0.6) is 0 Å². The lowest BCUT2D eigenvalue weighted by Gasteiger charge is -2.34. The molecule has 110 valence electrons. The predicted molar refractivity (Wildman–Crippen MR) is 74.0 cm³/mol. The quantitative estimate of drug-likeness (QED) is 0.806. The van der Waals surface area contributed by atoms with Gasteiger partial charge in [0, 0.05) is 25.6 Å². The Morgan fingerprint density at radius 1 is 1.32 bits per heavy atom. The zero-order valence-electron chi connectivity index (χ0n) is 12.2. The number of carbonyl (C=O) groups is 2. The van der Waals surface area contributed by atoms with Gasteiger partial charge in [-0.05, 0) is 44.9 Å². The first-order valence-corrected chi connectivity index (χ1v) is 7.15. The molecule has 0 aromatic carbocycles. The number of amides is 2. The number of aliphatic carboxylic acids is 1. The molecule has 1 unspecified atom stereocenters. The molecule has 0 saturated heterocycles. The first-order valence-electron chi connectivity index (χ1n) is 7.15. The molecule has 0 radical (unpaired) electrons. The largest absolute Gasteiger partial charge is 0.481 e. The van der Waals surface area contributed by atoms with Gasteiger partial charge in [0.1, 0.15) is 0 Å². The zero-order chi connectivity index (χ0) is 14.4. The smallest absolute Gasteiger partial charge is 0.317 e. The van der Waals surface area contributed by atoms with E-state index in [4.69, 9.17) is 5.11 Å². The Bertz CT molecular complexity index is 312. The van der Waals surface area contributed by atoms with Crippen molar-refractivity contribution in [2.24, 2.45) is 5.92 Å². The van der Waals surface area contributed by atoms with E-state index in [0.717, 1.165) is 18.8 Å². The molecule has 2 N–H and O–H groups in total. The maximum Gasteiger partial charge on any atom is 0.317 e. The lowest BCUT2D eigenvalue weighted by Crippen LogP contribution is -2.47. The van der Waals surface area contributed by atoms with E-state index < -0.39 is 5.97 Å². The van der Waals surface area contributed by atoms with E-state index in [1.54, 1.807) is 4.90 Å². The van der Waals surface area contributed by atoms with Crippen molar-refractivity contribution in [3.8, 4) is 0 Å². The molecule has 5 heteroatoms. The van der Waals surface area contributed by atoms with Gasteiger partial charge in [0.25, 0.3) is 0 Å². The Morgan fingerprint density at radius 3 is 2.42 bits per heavy atom. The molecular weight excluding hydrogens is 244 g/mol. The fourth-order valence-electron chi connectivity index (χ4n) is 2.52. The SMILES string of the molecule is CC1CCC(N(C)C(=O)NC(C)CCC(=O)O)CC1. The molecule has 1 aliphatic carbocycles. The molecule has 0 aromatic rings. The highest BCUT2D eigenvalue weighted by Crippen LogP contribution is 2.26. The second-order valence-electron chi connectivity index (χ2n) is 5.81. The van der Waals surface area contributed by atoms with E-state index >= 15 is 0 Å². The highest BCUT2D eigenvalue weighted by molar-refractivity contribution is 5.74. The Hall–Kier alpha value is -1.26. The highest BCUT2D eigenvalue weighted by Gasteiger charge is 2.25. The number of urea groups is 1. The number of carboxylic acids is 1. The number of nitrogens with one attached hydrogen (secondary N) is 1. The van der Waals surface area contributed by atoms with E-state index in [2.05, 4.69) is 12.2 Å². The van der Waals surface area contributed by atoms with Crippen LogP contribution in [0.15, 0.2) is 0 Å². The van der Waals surface area contributed by atoms with E-state index in [9.17, 15) is 9.59 Å². The molecule has 0 spiro atoms. The third kappa shape index (κ3) is 5.49. The van der Waals surface area contributed by atoms with Crippen LogP contribution in [0, 0.1) is 5.92 Å². The summed E-state index contributed by atoms with van der Waals surface area (Å²) in [5, 5.41) is 11.5. The molecule has 0 heterocycles. The third-order valence-electron chi connectivity index (χ3n) is 4.01. The minimum Gasteiger partial charge on any atom is -0.481 e. The molecule has 0 bridgehead atoms. The van der Waals surface area contributed by atoms with Crippen molar-refractivity contribution in [1.82, 2.24) is 10.2 Å². The number of hydrogen-bond acceptors (Lipinski definition) is 2. The van der Waals surface area contributed by atoms with Crippen LogP contribution in [-0.4, -0.2) is 41.1 Å². The minimum atomic E-state index is -0.823. The van der Waals surface area contributed by atoms with Crippen molar-refractivity contribution in [3.05, 3.63) is 0 Å². The molecule has 1 rings (SSSR count). The van der Waals surface area contributed by atoms with Gasteiger partial charge in [0.2, 0.25) is 0 Å². The van der Waals surface area contributed by atoms with Crippen LogP contribution in [0.25, 0.3) is 0 Å². The number of hydrogen-bond donors (Lipinski definition) is 2. The second kappa shape index (κ2) is 7.36.